The van der Waals surface area contributed by atoms with Gasteiger partial charge in [0.2, 0.25) is 0 Å². The molecule has 3 nitrogen and oxygen atoms in total. The van der Waals surface area contributed by atoms with Gasteiger partial charge in [0.05, 0.1) is 6.10 Å². The minimum Gasteiger partial charge on any atom is -0.393 e. The molecule has 0 aliphatic heterocycles. The number of nitrogens with two attached hydrogens (primary N) is 1. The van der Waals surface area contributed by atoms with Crippen molar-refractivity contribution in [3.05, 3.63) is 0 Å². The molecule has 0 aromatic heterocycles. The summed E-state index contributed by atoms with van der Waals surface area (Å²) in [6.07, 6.45) is 1.41. The van der Waals surface area contributed by atoms with Gasteiger partial charge in [-0.1, -0.05) is 13.8 Å². The van der Waals surface area contributed by atoms with E-state index in [1.165, 1.54) is 0 Å². The minimum atomic E-state index is -0.278. The Labute approximate surface area is 81.3 Å². The molecule has 0 aromatic carbocycles. The number of aliphatic hydroxyl groups is 1. The van der Waals surface area contributed by atoms with E-state index in [4.69, 9.17) is 10.5 Å². The summed E-state index contributed by atoms with van der Waals surface area (Å²) in [5.74, 6) is 0.666. The van der Waals surface area contributed by atoms with E-state index < -0.39 is 0 Å². The highest BCUT2D eigenvalue weighted by Crippen LogP contribution is 2.17. The smallest absolute Gasteiger partial charge is 0.0583 e. The number of ether oxygens (including phenoxy) is 1. The van der Waals surface area contributed by atoms with Crippen molar-refractivity contribution in [3.8, 4) is 0 Å². The van der Waals surface area contributed by atoms with Crippen LogP contribution in [0.4, 0.5) is 0 Å². The predicted octanol–water partition coefficient (Wildman–Crippen LogP) is 1.00. The van der Waals surface area contributed by atoms with Gasteiger partial charge in [-0.3, -0.25) is 0 Å². The van der Waals surface area contributed by atoms with Gasteiger partial charge in [-0.25, -0.2) is 0 Å². The quantitative estimate of drug-likeness (QED) is 0.588. The molecule has 0 aromatic rings. The second-order valence-electron chi connectivity index (χ2n) is 3.85. The van der Waals surface area contributed by atoms with Crippen molar-refractivity contribution in [1.29, 1.82) is 0 Å². The first kappa shape index (κ1) is 12.9. The number of hydrogen-bond donors (Lipinski definition) is 2. The summed E-state index contributed by atoms with van der Waals surface area (Å²) in [4.78, 5) is 0. The van der Waals surface area contributed by atoms with E-state index in [1.54, 1.807) is 7.11 Å². The van der Waals surface area contributed by atoms with Crippen LogP contribution in [0.5, 0.6) is 0 Å². The molecule has 2 unspecified atom stereocenters. The van der Waals surface area contributed by atoms with Crippen LogP contribution in [0.3, 0.4) is 0 Å². The first-order valence-corrected chi connectivity index (χ1v) is 5.00. The Morgan fingerprint density at radius 2 is 2.00 bits per heavy atom. The summed E-state index contributed by atoms with van der Waals surface area (Å²) in [6, 6.07) is 0. The van der Waals surface area contributed by atoms with E-state index in [-0.39, 0.29) is 12.0 Å². The number of aliphatic hydroxyl groups excluding tert-OH is 1. The summed E-state index contributed by atoms with van der Waals surface area (Å²) >= 11 is 0. The Morgan fingerprint density at radius 3 is 2.38 bits per heavy atom. The Kier molecular flexibility index (Phi) is 7.23. The molecule has 0 rings (SSSR count). The van der Waals surface area contributed by atoms with Crippen LogP contribution in [0.1, 0.15) is 26.7 Å². The second kappa shape index (κ2) is 7.30. The van der Waals surface area contributed by atoms with Gasteiger partial charge in [0, 0.05) is 13.7 Å². The third kappa shape index (κ3) is 5.24. The molecule has 0 saturated carbocycles. The highest BCUT2D eigenvalue weighted by molar-refractivity contribution is 4.72. The first-order chi connectivity index (χ1) is 6.13. The largest absolute Gasteiger partial charge is 0.393 e. The zero-order chi connectivity index (χ0) is 10.3. The molecular formula is C10H23NO2. The third-order valence-electron chi connectivity index (χ3n) is 2.47. The van der Waals surface area contributed by atoms with Crippen molar-refractivity contribution in [3.63, 3.8) is 0 Å². The fraction of sp³-hybridized carbons (Fsp3) is 1.00. The van der Waals surface area contributed by atoms with E-state index in [2.05, 4.69) is 13.8 Å². The minimum absolute atomic E-state index is 0.219. The molecule has 0 amide bonds. The molecule has 80 valence electrons. The van der Waals surface area contributed by atoms with Gasteiger partial charge in [0.25, 0.3) is 0 Å². The van der Waals surface area contributed by atoms with Gasteiger partial charge in [-0.2, -0.15) is 0 Å². The molecule has 0 saturated heterocycles. The average molecular weight is 189 g/mol. The van der Waals surface area contributed by atoms with E-state index in [0.717, 1.165) is 12.8 Å². The van der Waals surface area contributed by atoms with Crippen molar-refractivity contribution >= 4 is 0 Å². The summed E-state index contributed by atoms with van der Waals surface area (Å²) in [5.41, 5.74) is 5.59. The molecule has 0 spiro atoms. The first-order valence-electron chi connectivity index (χ1n) is 5.00. The molecular weight excluding hydrogens is 166 g/mol. The van der Waals surface area contributed by atoms with E-state index in [1.807, 2.05) is 0 Å². The Hall–Kier alpha value is -0.120. The normalized spacial score (nSPS) is 16.2. The van der Waals surface area contributed by atoms with Crippen LogP contribution < -0.4 is 5.73 Å². The summed E-state index contributed by atoms with van der Waals surface area (Å²) in [5, 5.41) is 9.77. The topological polar surface area (TPSA) is 55.5 Å². The second-order valence-corrected chi connectivity index (χ2v) is 3.85. The summed E-state index contributed by atoms with van der Waals surface area (Å²) in [6.45, 7) is 5.46. The average Bonchev–Trinajstić information content (AvgIpc) is 2.05. The number of methoxy groups -OCH3 is 1. The number of hydrogen-bond acceptors (Lipinski definition) is 3. The molecule has 2 atom stereocenters. The molecule has 3 heteroatoms. The molecule has 0 heterocycles. The van der Waals surface area contributed by atoms with Crippen LogP contribution in [0.25, 0.3) is 0 Å². The Bertz CT molecular complexity index is 117. The van der Waals surface area contributed by atoms with Gasteiger partial charge in [0.15, 0.2) is 0 Å². The predicted molar refractivity (Wildman–Crippen MR) is 54.5 cm³/mol. The van der Waals surface area contributed by atoms with Gasteiger partial charge < -0.3 is 15.6 Å². The highest BCUT2D eigenvalue weighted by atomic mass is 16.5. The van der Waals surface area contributed by atoms with E-state index in [9.17, 15) is 5.11 Å². The maximum absolute atomic E-state index is 9.77. The van der Waals surface area contributed by atoms with Gasteiger partial charge in [-0.15, -0.1) is 0 Å². The van der Waals surface area contributed by atoms with Crippen molar-refractivity contribution in [2.45, 2.75) is 32.8 Å². The van der Waals surface area contributed by atoms with Crippen molar-refractivity contribution in [2.24, 2.45) is 17.6 Å². The molecule has 0 bridgehead atoms. The summed E-state index contributed by atoms with van der Waals surface area (Å²) in [7, 11) is 1.68. The molecule has 0 radical (unpaired) electrons. The molecule has 13 heavy (non-hydrogen) atoms. The lowest BCUT2D eigenvalue weighted by Crippen LogP contribution is -2.32. The molecule has 0 aliphatic rings. The van der Waals surface area contributed by atoms with Crippen LogP contribution in [-0.4, -0.2) is 31.5 Å². The number of rotatable bonds is 7. The standard InChI is InChI=1S/C10H23NO2/c1-8(2)9(7-11)10(12)5-4-6-13-3/h8-10,12H,4-7,11H2,1-3H3. The van der Waals surface area contributed by atoms with Gasteiger partial charge >= 0.3 is 0 Å². The van der Waals surface area contributed by atoms with Crippen LogP contribution >= 0.6 is 0 Å². The Morgan fingerprint density at radius 1 is 1.38 bits per heavy atom. The zero-order valence-electron chi connectivity index (χ0n) is 8.99. The van der Waals surface area contributed by atoms with Gasteiger partial charge in [0.1, 0.15) is 0 Å². The van der Waals surface area contributed by atoms with Crippen LogP contribution in [0.2, 0.25) is 0 Å². The molecule has 0 aliphatic carbocycles. The fourth-order valence-corrected chi connectivity index (χ4v) is 1.52. The maximum atomic E-state index is 9.77. The van der Waals surface area contributed by atoms with Crippen molar-refractivity contribution in [1.82, 2.24) is 0 Å². The highest BCUT2D eigenvalue weighted by Gasteiger charge is 2.20. The maximum Gasteiger partial charge on any atom is 0.0583 e. The fourth-order valence-electron chi connectivity index (χ4n) is 1.52. The zero-order valence-corrected chi connectivity index (χ0v) is 8.99. The van der Waals surface area contributed by atoms with Crippen molar-refractivity contribution < 1.29 is 9.84 Å². The molecule has 0 fully saturated rings. The molecule has 3 N–H and O–H groups in total. The van der Waals surface area contributed by atoms with Crippen LogP contribution in [-0.2, 0) is 4.74 Å². The summed E-state index contributed by atoms with van der Waals surface area (Å²) < 4.78 is 4.92. The van der Waals surface area contributed by atoms with Crippen LogP contribution in [0.15, 0.2) is 0 Å². The lowest BCUT2D eigenvalue weighted by molar-refractivity contribution is 0.0676. The van der Waals surface area contributed by atoms with E-state index >= 15 is 0 Å². The van der Waals surface area contributed by atoms with Crippen LogP contribution in [0, 0.1) is 11.8 Å². The lowest BCUT2D eigenvalue weighted by atomic mass is 9.88. The lowest BCUT2D eigenvalue weighted by Gasteiger charge is -2.24. The third-order valence-corrected chi connectivity index (χ3v) is 2.47. The Balaban J connectivity index is 3.70. The van der Waals surface area contributed by atoms with Crippen molar-refractivity contribution in [2.75, 3.05) is 20.3 Å². The van der Waals surface area contributed by atoms with Gasteiger partial charge in [-0.05, 0) is 31.2 Å². The monoisotopic (exact) mass is 189 g/mol. The SMILES string of the molecule is COCCCC(O)C(CN)C(C)C. The van der Waals surface area contributed by atoms with E-state index in [0.29, 0.717) is 19.1 Å².